The number of aromatic amines is 1. The van der Waals surface area contributed by atoms with Gasteiger partial charge in [-0.3, -0.25) is 14.9 Å². The van der Waals surface area contributed by atoms with Gasteiger partial charge in [-0.15, -0.1) is 0 Å². The molecule has 2 aromatic heterocycles. The second-order valence-electron chi connectivity index (χ2n) is 8.10. The predicted octanol–water partition coefficient (Wildman–Crippen LogP) is 4.17. The summed E-state index contributed by atoms with van der Waals surface area (Å²) in [4.78, 5) is 32.6. The van der Waals surface area contributed by atoms with E-state index in [1.165, 1.54) is 4.90 Å². The van der Waals surface area contributed by atoms with Gasteiger partial charge in [0, 0.05) is 18.9 Å². The molecule has 4 rings (SSSR count). The first-order valence-corrected chi connectivity index (χ1v) is 9.52. The van der Waals surface area contributed by atoms with Crippen LogP contribution in [0.15, 0.2) is 36.5 Å². The lowest BCUT2D eigenvalue weighted by Gasteiger charge is -2.29. The summed E-state index contributed by atoms with van der Waals surface area (Å²) in [5.74, 6) is 0.278. The van der Waals surface area contributed by atoms with Crippen molar-refractivity contribution in [1.82, 2.24) is 20.1 Å². The molecule has 0 spiro atoms. The van der Waals surface area contributed by atoms with Gasteiger partial charge in [-0.25, -0.2) is 9.69 Å². The Morgan fingerprint density at radius 2 is 1.97 bits per heavy atom. The molecule has 9 heteroatoms. The Morgan fingerprint density at radius 1 is 1.21 bits per heavy atom. The van der Waals surface area contributed by atoms with Crippen molar-refractivity contribution in [3.8, 4) is 0 Å². The van der Waals surface area contributed by atoms with Gasteiger partial charge in [0.25, 0.3) is 5.91 Å². The molecule has 0 radical (unpaired) electrons. The number of rotatable bonds is 3. The topological polar surface area (TPSA) is 94.2 Å². The quantitative estimate of drug-likeness (QED) is 0.629. The van der Waals surface area contributed by atoms with Crippen LogP contribution >= 0.6 is 11.6 Å². The number of nitrogens with one attached hydrogen (secondary N) is 2. The number of nitrogens with zero attached hydrogens (tertiary/aromatic N) is 4. The number of pyridine rings is 1. The first-order chi connectivity index (χ1) is 13.7. The lowest BCUT2D eigenvalue weighted by Crippen LogP contribution is -2.42. The Morgan fingerprint density at radius 3 is 2.62 bits per heavy atom. The lowest BCUT2D eigenvalue weighted by atomic mass is 9.86. The highest BCUT2D eigenvalue weighted by atomic mass is 35.5. The van der Waals surface area contributed by atoms with E-state index in [1.54, 1.807) is 31.4 Å². The van der Waals surface area contributed by atoms with E-state index in [0.29, 0.717) is 22.7 Å². The van der Waals surface area contributed by atoms with Crippen LogP contribution in [0.4, 0.5) is 22.0 Å². The summed E-state index contributed by atoms with van der Waals surface area (Å²) < 4.78 is 0. The molecule has 3 heterocycles. The molecule has 0 aliphatic carbocycles. The standard InChI is InChI=1S/C20H21ClN6O2/c1-20(2,3)16-18(28)27(19(29)26(16)4)14-8-7-11(10-12(14)21)23-17-15-13(24-25-17)6-5-9-22-15/h5-10,16H,1-4H3,(H2,23,24,25). The molecule has 3 aromatic rings. The number of H-pyrrole nitrogens is 1. The van der Waals surface area contributed by atoms with E-state index in [4.69, 9.17) is 11.6 Å². The van der Waals surface area contributed by atoms with E-state index in [1.807, 2.05) is 32.9 Å². The summed E-state index contributed by atoms with van der Waals surface area (Å²) in [6, 6.07) is 7.82. The SMILES string of the molecule is CN1C(=O)N(c2ccc(Nc3n[nH]c4cccnc34)cc2Cl)C(=O)C1C(C)(C)C. The van der Waals surface area contributed by atoms with Crippen LogP contribution in [0.3, 0.4) is 0 Å². The van der Waals surface area contributed by atoms with E-state index in [-0.39, 0.29) is 17.0 Å². The maximum Gasteiger partial charge on any atom is 0.331 e. The van der Waals surface area contributed by atoms with Crippen molar-refractivity contribution in [2.24, 2.45) is 5.41 Å². The zero-order chi connectivity index (χ0) is 20.9. The fourth-order valence-corrected chi connectivity index (χ4v) is 3.93. The molecule has 1 unspecified atom stereocenters. The van der Waals surface area contributed by atoms with Gasteiger partial charge in [-0.05, 0) is 35.7 Å². The molecule has 2 N–H and O–H groups in total. The van der Waals surface area contributed by atoms with Crippen LogP contribution in [0.1, 0.15) is 20.8 Å². The number of benzene rings is 1. The Balaban J connectivity index is 1.64. The number of hydrogen-bond acceptors (Lipinski definition) is 5. The van der Waals surface area contributed by atoms with E-state index >= 15 is 0 Å². The summed E-state index contributed by atoms with van der Waals surface area (Å²) in [6.45, 7) is 5.79. The van der Waals surface area contributed by atoms with Crippen LogP contribution in [0.25, 0.3) is 11.0 Å². The number of imide groups is 1. The van der Waals surface area contributed by atoms with Crippen molar-refractivity contribution < 1.29 is 9.59 Å². The Kier molecular flexibility index (Phi) is 4.46. The van der Waals surface area contributed by atoms with Crippen molar-refractivity contribution >= 4 is 51.8 Å². The lowest BCUT2D eigenvalue weighted by molar-refractivity contribution is -0.122. The highest BCUT2D eigenvalue weighted by molar-refractivity contribution is 6.36. The van der Waals surface area contributed by atoms with Crippen LogP contribution in [-0.2, 0) is 4.79 Å². The highest BCUT2D eigenvalue weighted by Crippen LogP contribution is 2.37. The number of aromatic nitrogens is 3. The molecule has 1 aliphatic heterocycles. The average Bonchev–Trinajstić information content (AvgIpc) is 3.15. The smallest absolute Gasteiger partial charge is 0.331 e. The molecule has 1 aliphatic rings. The first kappa shape index (κ1) is 19.2. The van der Waals surface area contributed by atoms with Crippen molar-refractivity contribution in [3.05, 3.63) is 41.6 Å². The van der Waals surface area contributed by atoms with Crippen molar-refractivity contribution in [1.29, 1.82) is 0 Å². The summed E-state index contributed by atoms with van der Waals surface area (Å²) in [5, 5.41) is 10.6. The third-order valence-corrected chi connectivity index (χ3v) is 5.23. The Hall–Kier alpha value is -3.13. The fourth-order valence-electron chi connectivity index (χ4n) is 3.67. The molecular formula is C20H21ClN6O2. The Bertz CT molecular complexity index is 1120. The minimum absolute atomic E-state index is 0.282. The van der Waals surface area contributed by atoms with Gasteiger partial charge in [0.05, 0.1) is 16.2 Å². The molecule has 29 heavy (non-hydrogen) atoms. The Labute approximate surface area is 172 Å². The van der Waals surface area contributed by atoms with Crippen molar-refractivity contribution in [3.63, 3.8) is 0 Å². The zero-order valence-corrected chi connectivity index (χ0v) is 17.3. The maximum absolute atomic E-state index is 13.0. The zero-order valence-electron chi connectivity index (χ0n) is 16.5. The largest absolute Gasteiger partial charge is 0.337 e. The summed E-state index contributed by atoms with van der Waals surface area (Å²) in [6.07, 6.45) is 1.69. The minimum atomic E-state index is -0.551. The van der Waals surface area contributed by atoms with Crippen LogP contribution in [0.5, 0.6) is 0 Å². The van der Waals surface area contributed by atoms with Crippen LogP contribution in [0.2, 0.25) is 5.02 Å². The summed E-state index contributed by atoms with van der Waals surface area (Å²) in [7, 11) is 1.63. The molecule has 0 saturated carbocycles. The number of amides is 3. The minimum Gasteiger partial charge on any atom is -0.337 e. The molecule has 150 valence electrons. The van der Waals surface area contributed by atoms with Gasteiger partial charge in [0.1, 0.15) is 11.6 Å². The van der Waals surface area contributed by atoms with Crippen molar-refractivity contribution in [2.75, 3.05) is 17.3 Å². The number of carbonyl (C=O) groups is 2. The molecule has 1 saturated heterocycles. The summed E-state index contributed by atoms with van der Waals surface area (Å²) >= 11 is 6.46. The third kappa shape index (κ3) is 3.19. The van der Waals surface area contributed by atoms with Gasteiger partial charge in [0.15, 0.2) is 5.82 Å². The number of urea groups is 1. The average molecular weight is 413 g/mol. The number of likely N-dealkylation sites (N-methyl/N-ethyl adjacent to an activating group) is 1. The normalized spacial score (nSPS) is 17.5. The van der Waals surface area contributed by atoms with Crippen LogP contribution in [0, 0.1) is 5.41 Å². The van der Waals surface area contributed by atoms with E-state index < -0.39 is 11.5 Å². The molecular weight excluding hydrogens is 392 g/mol. The second kappa shape index (κ2) is 6.73. The second-order valence-corrected chi connectivity index (χ2v) is 8.51. The van der Waals surface area contributed by atoms with Gasteiger partial charge in [0.2, 0.25) is 0 Å². The molecule has 1 aromatic carbocycles. The number of carbonyl (C=O) groups excluding carboxylic acids is 2. The van der Waals surface area contributed by atoms with Crippen molar-refractivity contribution in [2.45, 2.75) is 26.8 Å². The van der Waals surface area contributed by atoms with Crippen LogP contribution in [-0.4, -0.2) is 45.1 Å². The van der Waals surface area contributed by atoms with Gasteiger partial charge in [-0.2, -0.15) is 5.10 Å². The predicted molar refractivity (Wildman–Crippen MR) is 113 cm³/mol. The number of fused-ring (bicyclic) bond motifs is 1. The molecule has 1 fully saturated rings. The number of halogens is 1. The number of hydrogen-bond donors (Lipinski definition) is 2. The summed E-state index contributed by atoms with van der Waals surface area (Å²) in [5.41, 5.74) is 2.14. The molecule has 1 atom stereocenters. The van der Waals surface area contributed by atoms with E-state index in [9.17, 15) is 9.59 Å². The highest BCUT2D eigenvalue weighted by Gasteiger charge is 2.49. The fraction of sp³-hybridized carbons (Fsp3) is 0.300. The third-order valence-electron chi connectivity index (χ3n) is 4.93. The van der Waals surface area contributed by atoms with Crippen LogP contribution < -0.4 is 10.2 Å². The number of anilines is 3. The van der Waals surface area contributed by atoms with Gasteiger partial charge >= 0.3 is 6.03 Å². The van der Waals surface area contributed by atoms with E-state index in [2.05, 4.69) is 20.5 Å². The van der Waals surface area contributed by atoms with Gasteiger partial charge < -0.3 is 10.2 Å². The molecule has 3 amide bonds. The molecule has 0 bridgehead atoms. The molecule has 8 nitrogen and oxygen atoms in total. The van der Waals surface area contributed by atoms with E-state index in [0.717, 1.165) is 10.4 Å². The first-order valence-electron chi connectivity index (χ1n) is 9.15. The monoisotopic (exact) mass is 412 g/mol. The maximum atomic E-state index is 13.0. The van der Waals surface area contributed by atoms with Gasteiger partial charge in [-0.1, -0.05) is 32.4 Å².